The molecule has 0 radical (unpaired) electrons. The van der Waals surface area contributed by atoms with Crippen LogP contribution in [0, 0.1) is 0 Å². The van der Waals surface area contributed by atoms with Gasteiger partial charge in [-0.1, -0.05) is 0 Å². The Kier molecular flexibility index (Phi) is 7.91. The first kappa shape index (κ1) is 13.0. The van der Waals surface area contributed by atoms with Crippen LogP contribution in [0.1, 0.15) is 13.8 Å². The van der Waals surface area contributed by atoms with Gasteiger partial charge in [0.25, 0.3) is 0 Å². The number of carbonyl (C=O) groups is 2. The van der Waals surface area contributed by atoms with Crippen LogP contribution < -0.4 is 0 Å². The third-order valence-corrected chi connectivity index (χ3v) is 0.585. The van der Waals surface area contributed by atoms with Crippen molar-refractivity contribution >= 4 is 49.7 Å². The molecule has 0 saturated carbocycles. The second-order valence-corrected chi connectivity index (χ2v) is 1.59. The van der Waals surface area contributed by atoms with Crippen molar-refractivity contribution in [3.05, 3.63) is 0 Å². The Bertz CT molecular complexity index is 132. The number of esters is 2. The van der Waals surface area contributed by atoms with E-state index in [0.29, 0.717) is 0 Å². The molecule has 0 spiro atoms. The molecule has 0 aromatic rings. The van der Waals surface area contributed by atoms with E-state index in [1.54, 1.807) is 0 Å². The van der Waals surface area contributed by atoms with Crippen LogP contribution in [0.25, 0.3) is 0 Å². The second-order valence-electron chi connectivity index (χ2n) is 1.59. The Labute approximate surface area is 88.5 Å². The molecule has 0 heterocycles. The molecular formula is C5H10CaO4. The first-order valence-electron chi connectivity index (χ1n) is 2.44. The van der Waals surface area contributed by atoms with Gasteiger partial charge in [-0.3, -0.25) is 4.79 Å². The molecule has 5 heteroatoms. The van der Waals surface area contributed by atoms with E-state index in [1.165, 1.54) is 6.92 Å². The number of ether oxygens (including phenoxy) is 1. The number of hydrogen-bond donors (Lipinski definition) is 1. The number of hydrogen-bond acceptors (Lipinski definition) is 4. The average Bonchev–Trinajstić information content (AvgIpc) is 1.63. The van der Waals surface area contributed by atoms with E-state index >= 15 is 0 Å². The molecule has 0 amide bonds. The van der Waals surface area contributed by atoms with Gasteiger partial charge in [0.05, 0.1) is 0 Å². The Morgan fingerprint density at radius 1 is 1.50 bits per heavy atom. The molecule has 0 aliphatic rings. The SMILES string of the molecule is CC(=O)OC(=O)C(C)O.[CaH2]. The minimum atomic E-state index is -1.23. The van der Waals surface area contributed by atoms with E-state index in [9.17, 15) is 9.59 Å². The van der Waals surface area contributed by atoms with Gasteiger partial charge in [0, 0.05) is 6.92 Å². The number of carbonyl (C=O) groups excluding carboxylic acids is 2. The van der Waals surface area contributed by atoms with Gasteiger partial charge in [-0.25, -0.2) is 4.79 Å². The summed E-state index contributed by atoms with van der Waals surface area (Å²) in [6.07, 6.45) is -1.23. The van der Waals surface area contributed by atoms with E-state index in [0.717, 1.165) is 6.92 Å². The van der Waals surface area contributed by atoms with Gasteiger partial charge in [-0.15, -0.1) is 0 Å². The molecule has 1 atom stereocenters. The zero-order valence-corrected chi connectivity index (χ0v) is 5.25. The molecule has 1 unspecified atom stereocenters. The Balaban J connectivity index is 0. The van der Waals surface area contributed by atoms with E-state index in [4.69, 9.17) is 5.11 Å². The van der Waals surface area contributed by atoms with Crippen molar-refractivity contribution in [2.45, 2.75) is 20.0 Å². The van der Waals surface area contributed by atoms with Gasteiger partial charge in [0.15, 0.2) is 0 Å². The van der Waals surface area contributed by atoms with Gasteiger partial charge in [-0.05, 0) is 6.92 Å². The second kappa shape index (κ2) is 6.09. The summed E-state index contributed by atoms with van der Waals surface area (Å²) in [5, 5.41) is 8.44. The topological polar surface area (TPSA) is 63.6 Å². The molecule has 0 aliphatic carbocycles. The standard InChI is InChI=1S/C5H8O4.Ca.2H/c1-3(6)5(8)9-4(2)7;;;/h3,6H,1-2H3;;;. The van der Waals surface area contributed by atoms with Gasteiger partial charge in [-0.2, -0.15) is 0 Å². The number of rotatable bonds is 1. The van der Waals surface area contributed by atoms with Crippen LogP contribution in [0.15, 0.2) is 0 Å². The first-order valence-corrected chi connectivity index (χ1v) is 2.44. The third kappa shape index (κ3) is 6.48. The molecule has 0 rings (SSSR count). The Morgan fingerprint density at radius 3 is 2.00 bits per heavy atom. The summed E-state index contributed by atoms with van der Waals surface area (Å²) in [5.41, 5.74) is 0. The Hall–Kier alpha value is 0.360. The van der Waals surface area contributed by atoms with Crippen LogP contribution in [0.4, 0.5) is 0 Å². The summed E-state index contributed by atoms with van der Waals surface area (Å²) in [4.78, 5) is 20.3. The Morgan fingerprint density at radius 2 is 1.90 bits per heavy atom. The molecule has 0 saturated heterocycles. The summed E-state index contributed by atoms with van der Waals surface area (Å²) >= 11 is 0. The normalized spacial score (nSPS) is 11.1. The maximum absolute atomic E-state index is 10.3. The van der Waals surface area contributed by atoms with Gasteiger partial charge in [0.2, 0.25) is 0 Å². The molecule has 10 heavy (non-hydrogen) atoms. The first-order chi connectivity index (χ1) is 4.04. The molecular weight excluding hydrogens is 164 g/mol. The summed E-state index contributed by atoms with van der Waals surface area (Å²) < 4.78 is 3.98. The van der Waals surface area contributed by atoms with E-state index in [2.05, 4.69) is 4.74 Å². The van der Waals surface area contributed by atoms with Gasteiger partial charge in [0.1, 0.15) is 6.10 Å². The fraction of sp³-hybridized carbons (Fsp3) is 0.600. The van der Waals surface area contributed by atoms with Crippen LogP contribution in [0.2, 0.25) is 0 Å². The molecule has 56 valence electrons. The summed E-state index contributed by atoms with van der Waals surface area (Å²) in [7, 11) is 0. The van der Waals surface area contributed by atoms with Crippen molar-refractivity contribution in [2.75, 3.05) is 0 Å². The van der Waals surface area contributed by atoms with Gasteiger partial charge >= 0.3 is 49.7 Å². The zero-order valence-electron chi connectivity index (χ0n) is 5.25. The van der Waals surface area contributed by atoms with E-state index in [-0.39, 0.29) is 37.7 Å². The fourth-order valence-corrected chi connectivity index (χ4v) is 0.227. The predicted octanol–water partition coefficient (Wildman–Crippen LogP) is -1.46. The van der Waals surface area contributed by atoms with Crippen molar-refractivity contribution in [1.82, 2.24) is 0 Å². The molecule has 4 nitrogen and oxygen atoms in total. The summed E-state index contributed by atoms with van der Waals surface area (Å²) in [6, 6.07) is 0. The van der Waals surface area contributed by atoms with E-state index in [1.807, 2.05) is 0 Å². The van der Waals surface area contributed by atoms with Gasteiger partial charge < -0.3 is 9.84 Å². The summed E-state index contributed by atoms with van der Waals surface area (Å²) in [5.74, 6) is -1.62. The van der Waals surface area contributed by atoms with Crippen molar-refractivity contribution in [2.24, 2.45) is 0 Å². The van der Waals surface area contributed by atoms with Crippen molar-refractivity contribution in [3.8, 4) is 0 Å². The van der Waals surface area contributed by atoms with Crippen molar-refractivity contribution in [1.29, 1.82) is 0 Å². The minimum absolute atomic E-state index is 0. The van der Waals surface area contributed by atoms with Crippen LogP contribution >= 0.6 is 0 Å². The molecule has 0 aromatic carbocycles. The summed E-state index contributed by atoms with van der Waals surface area (Å²) in [6.45, 7) is 2.32. The molecule has 1 N–H and O–H groups in total. The van der Waals surface area contributed by atoms with E-state index < -0.39 is 18.0 Å². The van der Waals surface area contributed by atoms with Crippen molar-refractivity contribution < 1.29 is 19.4 Å². The van der Waals surface area contributed by atoms with Crippen LogP contribution in [-0.4, -0.2) is 60.9 Å². The quantitative estimate of drug-likeness (QED) is 0.300. The monoisotopic (exact) mass is 174 g/mol. The predicted molar refractivity (Wildman–Crippen MR) is 37.0 cm³/mol. The van der Waals surface area contributed by atoms with Crippen LogP contribution in [-0.2, 0) is 14.3 Å². The third-order valence-electron chi connectivity index (χ3n) is 0.585. The molecule has 0 fully saturated rings. The molecule has 0 aliphatic heterocycles. The number of aliphatic hydroxyl groups is 1. The molecule has 0 aromatic heterocycles. The zero-order chi connectivity index (χ0) is 7.44. The average molecular weight is 174 g/mol. The number of aliphatic hydroxyl groups excluding tert-OH is 1. The fourth-order valence-electron chi connectivity index (χ4n) is 0.227. The van der Waals surface area contributed by atoms with Crippen molar-refractivity contribution in [3.63, 3.8) is 0 Å². The van der Waals surface area contributed by atoms with Crippen LogP contribution in [0.5, 0.6) is 0 Å². The molecule has 0 bridgehead atoms. The van der Waals surface area contributed by atoms with Crippen LogP contribution in [0.3, 0.4) is 0 Å². The maximum atomic E-state index is 10.3.